The minimum absolute atomic E-state index is 0.0819. The smallest absolute Gasteiger partial charge is 0.372 e. The van der Waals surface area contributed by atoms with Crippen LogP contribution in [0, 0.1) is 12.3 Å². The molecule has 0 fully saturated rings. The molecule has 2 N–H and O–H groups in total. The summed E-state index contributed by atoms with van der Waals surface area (Å²) in [6.07, 6.45) is 1.20. The van der Waals surface area contributed by atoms with Crippen molar-refractivity contribution in [2.24, 2.45) is 10.5 Å². The van der Waals surface area contributed by atoms with Crippen LogP contribution in [0.25, 0.3) is 0 Å². The Morgan fingerprint density at radius 2 is 2.04 bits per heavy atom. The summed E-state index contributed by atoms with van der Waals surface area (Å²) in [5.74, 6) is -0.991. The Labute approximate surface area is 155 Å². The number of carbonyl (C=O) groups excluding carboxylic acids is 1. The quantitative estimate of drug-likeness (QED) is 0.793. The van der Waals surface area contributed by atoms with Crippen LogP contribution in [0.4, 0.5) is 0 Å². The second-order valence-electron chi connectivity index (χ2n) is 7.19. The lowest BCUT2D eigenvalue weighted by atomic mass is 9.75. The van der Waals surface area contributed by atoms with Crippen LogP contribution in [0.2, 0.25) is 5.02 Å². The maximum atomic E-state index is 12.3. The number of hydrazone groups is 1. The number of carbonyl (C=O) groups is 2. The summed E-state index contributed by atoms with van der Waals surface area (Å²) < 4.78 is 5.56. The minimum Gasteiger partial charge on any atom is -0.475 e. The second kappa shape index (κ2) is 6.61. The molecule has 1 aliphatic carbocycles. The van der Waals surface area contributed by atoms with Gasteiger partial charge in [0.15, 0.2) is 0 Å². The van der Waals surface area contributed by atoms with Crippen molar-refractivity contribution in [3.63, 3.8) is 0 Å². The minimum atomic E-state index is -1.11. The Kier molecular flexibility index (Phi) is 4.63. The molecule has 1 aliphatic rings. The highest BCUT2D eigenvalue weighted by atomic mass is 35.5. The number of carboxylic acid groups (broad SMARTS) is 1. The van der Waals surface area contributed by atoms with E-state index in [9.17, 15) is 14.7 Å². The van der Waals surface area contributed by atoms with Crippen LogP contribution in [-0.4, -0.2) is 22.7 Å². The monoisotopic (exact) mass is 374 g/mol. The topological polar surface area (TPSA) is 91.9 Å². The number of furan rings is 1. The number of nitrogens with one attached hydrogen (secondary N) is 1. The molecular weight excluding hydrogens is 356 g/mol. The van der Waals surface area contributed by atoms with E-state index in [2.05, 4.69) is 10.5 Å². The molecular formula is C19H19ClN2O4. The lowest BCUT2D eigenvalue weighted by Crippen LogP contribution is -2.29. The van der Waals surface area contributed by atoms with Crippen molar-refractivity contribution in [3.8, 4) is 0 Å². The Balaban J connectivity index is 1.96. The first-order valence-corrected chi connectivity index (χ1v) is 8.54. The maximum absolute atomic E-state index is 12.3. The second-order valence-corrected chi connectivity index (χ2v) is 7.62. The number of hydrogen-bond acceptors (Lipinski definition) is 4. The number of hydrogen-bond donors (Lipinski definition) is 2. The standard InChI is InChI=1S/C19H19ClN2O4/c1-10-15-13(21-22-17(23)11-5-4-6-12(20)7-11)8-19(2,3)9-14(15)26-16(10)18(24)25/h4-7H,8-9H2,1-3H3,(H,22,23)(H,24,25)/b21-13+. The third-order valence-corrected chi connectivity index (χ3v) is 4.60. The molecule has 1 aromatic heterocycles. The normalized spacial score (nSPS) is 17.0. The van der Waals surface area contributed by atoms with Gasteiger partial charge in [0.1, 0.15) is 5.76 Å². The third-order valence-electron chi connectivity index (χ3n) is 4.37. The van der Waals surface area contributed by atoms with Gasteiger partial charge in [-0.1, -0.05) is 31.5 Å². The van der Waals surface area contributed by atoms with E-state index in [4.69, 9.17) is 16.0 Å². The van der Waals surface area contributed by atoms with Gasteiger partial charge in [0, 0.05) is 28.1 Å². The molecule has 0 bridgehead atoms. The molecule has 136 valence electrons. The summed E-state index contributed by atoms with van der Waals surface area (Å²) in [4.78, 5) is 23.7. The average molecular weight is 375 g/mol. The van der Waals surface area contributed by atoms with Gasteiger partial charge >= 0.3 is 5.97 Å². The number of nitrogens with zero attached hydrogens (tertiary/aromatic N) is 1. The van der Waals surface area contributed by atoms with Crippen molar-refractivity contribution < 1.29 is 19.1 Å². The number of benzene rings is 1. The molecule has 0 radical (unpaired) electrons. The fourth-order valence-electron chi connectivity index (χ4n) is 3.23. The van der Waals surface area contributed by atoms with E-state index >= 15 is 0 Å². The molecule has 26 heavy (non-hydrogen) atoms. The highest BCUT2D eigenvalue weighted by Crippen LogP contribution is 2.38. The van der Waals surface area contributed by atoms with Crippen LogP contribution >= 0.6 is 11.6 Å². The lowest BCUT2D eigenvalue weighted by Gasteiger charge is -2.29. The fraction of sp³-hybridized carbons (Fsp3) is 0.316. The van der Waals surface area contributed by atoms with Crippen molar-refractivity contribution in [2.45, 2.75) is 33.6 Å². The molecule has 7 heteroatoms. The first-order valence-electron chi connectivity index (χ1n) is 8.16. The van der Waals surface area contributed by atoms with Gasteiger partial charge in [0.05, 0.1) is 5.71 Å². The van der Waals surface area contributed by atoms with E-state index in [1.165, 1.54) is 0 Å². The molecule has 1 amide bonds. The fourth-order valence-corrected chi connectivity index (χ4v) is 3.42. The number of fused-ring (bicyclic) bond motifs is 1. The van der Waals surface area contributed by atoms with E-state index in [0.717, 1.165) is 0 Å². The summed E-state index contributed by atoms with van der Waals surface area (Å²) >= 11 is 5.91. The molecule has 0 spiro atoms. The van der Waals surface area contributed by atoms with Crippen LogP contribution in [0.15, 0.2) is 33.8 Å². The van der Waals surface area contributed by atoms with Crippen molar-refractivity contribution in [2.75, 3.05) is 0 Å². The summed E-state index contributed by atoms with van der Waals surface area (Å²) in [6, 6.07) is 6.57. The molecule has 0 saturated carbocycles. The molecule has 1 heterocycles. The van der Waals surface area contributed by atoms with E-state index in [-0.39, 0.29) is 17.1 Å². The molecule has 0 saturated heterocycles. The van der Waals surface area contributed by atoms with Crippen LogP contribution in [0.5, 0.6) is 0 Å². The van der Waals surface area contributed by atoms with Gasteiger partial charge in [-0.3, -0.25) is 4.79 Å². The van der Waals surface area contributed by atoms with E-state index in [1.807, 2.05) is 13.8 Å². The average Bonchev–Trinajstić information content (AvgIpc) is 2.87. The highest BCUT2D eigenvalue weighted by Gasteiger charge is 2.36. The van der Waals surface area contributed by atoms with Crippen LogP contribution in [0.3, 0.4) is 0 Å². The molecule has 6 nitrogen and oxygen atoms in total. The van der Waals surface area contributed by atoms with Crippen LogP contribution in [0.1, 0.15) is 58.1 Å². The first kappa shape index (κ1) is 18.2. The molecule has 2 aromatic rings. The van der Waals surface area contributed by atoms with Gasteiger partial charge < -0.3 is 9.52 Å². The van der Waals surface area contributed by atoms with E-state index < -0.39 is 5.97 Å². The number of amides is 1. The first-order chi connectivity index (χ1) is 12.2. The lowest BCUT2D eigenvalue weighted by molar-refractivity contribution is 0.0657. The molecule has 0 aliphatic heterocycles. The SMILES string of the molecule is Cc1c(C(=O)O)oc2c1/C(=N/NC(=O)c1cccc(Cl)c1)CC(C)(C)C2. The molecule has 0 atom stereocenters. The summed E-state index contributed by atoms with van der Waals surface area (Å²) in [6.45, 7) is 5.78. The Bertz CT molecular complexity index is 928. The zero-order valence-corrected chi connectivity index (χ0v) is 15.5. The summed E-state index contributed by atoms with van der Waals surface area (Å²) in [7, 11) is 0. The maximum Gasteiger partial charge on any atom is 0.372 e. The van der Waals surface area contributed by atoms with Crippen molar-refractivity contribution in [3.05, 3.63) is 57.5 Å². The zero-order valence-electron chi connectivity index (χ0n) is 14.7. The van der Waals surface area contributed by atoms with Crippen molar-refractivity contribution in [1.29, 1.82) is 0 Å². The summed E-state index contributed by atoms with van der Waals surface area (Å²) in [5.41, 5.74) is 4.59. The van der Waals surface area contributed by atoms with Crippen LogP contribution < -0.4 is 5.43 Å². The number of rotatable bonds is 3. The van der Waals surface area contributed by atoms with Gasteiger partial charge in [-0.2, -0.15) is 5.10 Å². The predicted molar refractivity (Wildman–Crippen MR) is 98.0 cm³/mol. The summed E-state index contributed by atoms with van der Waals surface area (Å²) in [5, 5.41) is 14.1. The van der Waals surface area contributed by atoms with E-state index in [1.54, 1.807) is 31.2 Å². The van der Waals surface area contributed by atoms with Gasteiger partial charge in [-0.15, -0.1) is 0 Å². The Hall–Kier alpha value is -2.60. The molecule has 1 aromatic carbocycles. The van der Waals surface area contributed by atoms with Crippen LogP contribution in [-0.2, 0) is 6.42 Å². The Morgan fingerprint density at radius 3 is 2.69 bits per heavy atom. The third kappa shape index (κ3) is 3.51. The number of halogens is 1. The van der Waals surface area contributed by atoms with Gasteiger partial charge in [-0.05, 0) is 37.0 Å². The Morgan fingerprint density at radius 1 is 1.31 bits per heavy atom. The molecule has 3 rings (SSSR count). The van der Waals surface area contributed by atoms with Gasteiger partial charge in [-0.25, -0.2) is 10.2 Å². The van der Waals surface area contributed by atoms with E-state index in [0.29, 0.717) is 46.0 Å². The predicted octanol–water partition coefficient (Wildman–Crippen LogP) is 4.05. The number of carboxylic acids is 1. The van der Waals surface area contributed by atoms with Crippen molar-refractivity contribution in [1.82, 2.24) is 5.43 Å². The number of aromatic carboxylic acids is 1. The van der Waals surface area contributed by atoms with Gasteiger partial charge in [0.25, 0.3) is 5.91 Å². The largest absolute Gasteiger partial charge is 0.475 e. The highest BCUT2D eigenvalue weighted by molar-refractivity contribution is 6.31. The zero-order chi connectivity index (χ0) is 19.1. The van der Waals surface area contributed by atoms with Gasteiger partial charge in [0.2, 0.25) is 5.76 Å². The van der Waals surface area contributed by atoms with Crippen molar-refractivity contribution >= 4 is 29.2 Å². The molecule has 0 unspecified atom stereocenters.